The quantitative estimate of drug-likeness (QED) is 0.585. The minimum absolute atomic E-state index is 0.746. The zero-order valence-electron chi connectivity index (χ0n) is 9.09. The van der Waals surface area contributed by atoms with Crippen LogP contribution in [-0.2, 0) is 0 Å². The van der Waals surface area contributed by atoms with Gasteiger partial charge in [0.05, 0.1) is 11.3 Å². The minimum Gasteiger partial charge on any atom is -0.384 e. The summed E-state index contributed by atoms with van der Waals surface area (Å²) in [5.74, 6) is 0. The van der Waals surface area contributed by atoms with Crippen molar-refractivity contribution >= 4 is 5.69 Å². The van der Waals surface area contributed by atoms with Gasteiger partial charge in [-0.1, -0.05) is 18.2 Å². The Bertz CT molecular complexity index is 375. The van der Waals surface area contributed by atoms with Crippen molar-refractivity contribution in [3.05, 3.63) is 42.0 Å². The van der Waals surface area contributed by atoms with Crippen LogP contribution in [0.5, 0.6) is 0 Å². The highest BCUT2D eigenvalue weighted by Crippen LogP contribution is 2.18. The first kappa shape index (κ1) is 11.3. The molecule has 1 aromatic carbocycles. The van der Waals surface area contributed by atoms with Crippen molar-refractivity contribution in [2.24, 2.45) is 0 Å². The van der Waals surface area contributed by atoms with E-state index in [1.165, 1.54) is 0 Å². The predicted molar refractivity (Wildman–Crippen MR) is 63.8 cm³/mol. The van der Waals surface area contributed by atoms with Gasteiger partial charge in [-0.25, -0.2) is 0 Å². The van der Waals surface area contributed by atoms with Crippen molar-refractivity contribution in [3.8, 4) is 6.07 Å². The number of unbranched alkanes of at least 4 members (excludes halogenated alkanes) is 1. The Balaban J connectivity index is 2.65. The Hall–Kier alpha value is -1.75. The molecule has 0 heterocycles. The number of nitrogens with one attached hydrogen (secondary N) is 1. The van der Waals surface area contributed by atoms with E-state index in [1.807, 2.05) is 31.2 Å². The summed E-state index contributed by atoms with van der Waals surface area (Å²) in [4.78, 5) is 0. The molecule has 0 aliphatic carbocycles. The summed E-state index contributed by atoms with van der Waals surface area (Å²) in [5, 5.41) is 12.3. The lowest BCUT2D eigenvalue weighted by Gasteiger charge is -2.08. The van der Waals surface area contributed by atoms with Gasteiger partial charge in [-0.2, -0.15) is 5.26 Å². The highest BCUT2D eigenvalue weighted by atomic mass is 14.9. The molecular formula is C13H16N2. The standard InChI is InChI=1S/C13H16N2/c1-3-4-5-9-15-13-8-6-7-11(2)12(13)10-14/h3,6-8,15H,1,4-5,9H2,2H3. The Morgan fingerprint density at radius 3 is 3.00 bits per heavy atom. The minimum atomic E-state index is 0.746. The summed E-state index contributed by atoms with van der Waals surface area (Å²) in [6, 6.07) is 8.08. The lowest BCUT2D eigenvalue weighted by Crippen LogP contribution is -2.03. The zero-order chi connectivity index (χ0) is 11.1. The third-order valence-corrected chi connectivity index (χ3v) is 2.29. The molecule has 0 unspecified atom stereocenters. The van der Waals surface area contributed by atoms with E-state index in [-0.39, 0.29) is 0 Å². The molecule has 0 amide bonds. The molecule has 2 heteroatoms. The number of benzene rings is 1. The highest BCUT2D eigenvalue weighted by molar-refractivity contribution is 5.60. The van der Waals surface area contributed by atoms with E-state index in [9.17, 15) is 0 Å². The topological polar surface area (TPSA) is 35.8 Å². The maximum atomic E-state index is 9.00. The Labute approximate surface area is 91.2 Å². The molecule has 2 nitrogen and oxygen atoms in total. The molecule has 15 heavy (non-hydrogen) atoms. The average Bonchev–Trinajstić information content (AvgIpc) is 2.24. The second-order valence-electron chi connectivity index (χ2n) is 3.47. The average molecular weight is 200 g/mol. The third kappa shape index (κ3) is 3.14. The normalized spacial score (nSPS) is 9.33. The number of rotatable bonds is 5. The van der Waals surface area contributed by atoms with Gasteiger partial charge < -0.3 is 5.32 Å². The summed E-state index contributed by atoms with van der Waals surface area (Å²) < 4.78 is 0. The van der Waals surface area contributed by atoms with E-state index >= 15 is 0 Å². The Kier molecular flexibility index (Phi) is 4.43. The van der Waals surface area contributed by atoms with Crippen LogP contribution in [0.4, 0.5) is 5.69 Å². The Morgan fingerprint density at radius 1 is 1.53 bits per heavy atom. The highest BCUT2D eigenvalue weighted by Gasteiger charge is 2.02. The summed E-state index contributed by atoms with van der Waals surface area (Å²) in [7, 11) is 0. The monoisotopic (exact) mass is 200 g/mol. The molecule has 1 N–H and O–H groups in total. The van der Waals surface area contributed by atoms with E-state index in [4.69, 9.17) is 5.26 Å². The van der Waals surface area contributed by atoms with Gasteiger partial charge in [-0.15, -0.1) is 6.58 Å². The van der Waals surface area contributed by atoms with Gasteiger partial charge in [0.15, 0.2) is 0 Å². The van der Waals surface area contributed by atoms with Crippen molar-refractivity contribution in [2.45, 2.75) is 19.8 Å². The molecule has 0 atom stereocenters. The van der Waals surface area contributed by atoms with Crippen molar-refractivity contribution in [3.63, 3.8) is 0 Å². The number of allylic oxidation sites excluding steroid dienone is 1. The summed E-state index contributed by atoms with van der Waals surface area (Å²) in [5.41, 5.74) is 2.70. The van der Waals surface area contributed by atoms with Crippen LogP contribution in [-0.4, -0.2) is 6.54 Å². The van der Waals surface area contributed by atoms with Crippen molar-refractivity contribution in [1.82, 2.24) is 0 Å². The molecule has 0 spiro atoms. The van der Waals surface area contributed by atoms with E-state index < -0.39 is 0 Å². The fourth-order valence-corrected chi connectivity index (χ4v) is 1.43. The largest absolute Gasteiger partial charge is 0.384 e. The second-order valence-corrected chi connectivity index (χ2v) is 3.47. The summed E-state index contributed by atoms with van der Waals surface area (Å²) >= 11 is 0. The van der Waals surface area contributed by atoms with Crippen LogP contribution < -0.4 is 5.32 Å². The molecule has 0 bridgehead atoms. The van der Waals surface area contributed by atoms with Crippen LogP contribution in [0, 0.1) is 18.3 Å². The van der Waals surface area contributed by atoms with Crippen molar-refractivity contribution < 1.29 is 0 Å². The predicted octanol–water partition coefficient (Wildman–Crippen LogP) is 3.24. The van der Waals surface area contributed by atoms with Crippen molar-refractivity contribution in [1.29, 1.82) is 5.26 Å². The van der Waals surface area contributed by atoms with Crippen LogP contribution in [0.25, 0.3) is 0 Å². The molecule has 0 saturated heterocycles. The lowest BCUT2D eigenvalue weighted by atomic mass is 10.1. The second kappa shape index (κ2) is 5.87. The number of nitrogens with zero attached hydrogens (tertiary/aromatic N) is 1. The summed E-state index contributed by atoms with van der Waals surface area (Å²) in [6.07, 6.45) is 3.95. The van der Waals surface area contributed by atoms with Crippen molar-refractivity contribution in [2.75, 3.05) is 11.9 Å². The first-order valence-electron chi connectivity index (χ1n) is 5.14. The molecular weight excluding hydrogens is 184 g/mol. The van der Waals surface area contributed by atoms with Gasteiger partial charge >= 0.3 is 0 Å². The molecule has 0 fully saturated rings. The molecule has 0 saturated carbocycles. The van der Waals surface area contributed by atoms with Crippen LogP contribution in [0.1, 0.15) is 24.0 Å². The molecule has 0 aliphatic heterocycles. The van der Waals surface area contributed by atoms with E-state index in [2.05, 4.69) is 18.0 Å². The zero-order valence-corrected chi connectivity index (χ0v) is 9.09. The van der Waals surface area contributed by atoms with Gasteiger partial charge in [-0.3, -0.25) is 0 Å². The van der Waals surface area contributed by atoms with Gasteiger partial charge in [0, 0.05) is 6.54 Å². The van der Waals surface area contributed by atoms with Gasteiger partial charge in [0.25, 0.3) is 0 Å². The number of hydrogen-bond acceptors (Lipinski definition) is 2. The maximum Gasteiger partial charge on any atom is 0.102 e. The molecule has 0 aromatic heterocycles. The van der Waals surface area contributed by atoms with Gasteiger partial charge in [-0.05, 0) is 31.4 Å². The third-order valence-electron chi connectivity index (χ3n) is 2.29. The van der Waals surface area contributed by atoms with E-state index in [1.54, 1.807) is 0 Å². The van der Waals surface area contributed by atoms with Crippen LogP contribution in [0.3, 0.4) is 0 Å². The molecule has 1 rings (SSSR count). The van der Waals surface area contributed by atoms with Crippen LogP contribution in [0.15, 0.2) is 30.9 Å². The first-order valence-corrected chi connectivity index (χ1v) is 5.14. The molecule has 0 aliphatic rings. The number of hydrogen-bond donors (Lipinski definition) is 1. The van der Waals surface area contributed by atoms with Crippen LogP contribution >= 0.6 is 0 Å². The number of aryl methyl sites for hydroxylation is 1. The maximum absolute atomic E-state index is 9.00. The molecule has 1 aromatic rings. The number of anilines is 1. The molecule has 0 radical (unpaired) electrons. The number of nitriles is 1. The van der Waals surface area contributed by atoms with Crippen LogP contribution in [0.2, 0.25) is 0 Å². The van der Waals surface area contributed by atoms with Gasteiger partial charge in [0.2, 0.25) is 0 Å². The smallest absolute Gasteiger partial charge is 0.102 e. The van der Waals surface area contributed by atoms with Gasteiger partial charge in [0.1, 0.15) is 6.07 Å². The first-order chi connectivity index (χ1) is 7.29. The fraction of sp³-hybridized carbons (Fsp3) is 0.308. The van der Waals surface area contributed by atoms with E-state index in [0.717, 1.165) is 36.2 Å². The lowest BCUT2D eigenvalue weighted by molar-refractivity contribution is 0.890. The molecule has 78 valence electrons. The SMILES string of the molecule is C=CCCCNc1cccc(C)c1C#N. The fourth-order valence-electron chi connectivity index (χ4n) is 1.43. The van der Waals surface area contributed by atoms with E-state index in [0.29, 0.717) is 0 Å². The summed E-state index contributed by atoms with van der Waals surface area (Å²) in [6.45, 7) is 6.50. The Morgan fingerprint density at radius 2 is 2.33 bits per heavy atom.